The first-order valence-electron chi connectivity index (χ1n) is 8.68. The molecule has 0 atom stereocenters. The van der Waals surface area contributed by atoms with Crippen LogP contribution in [0.3, 0.4) is 0 Å². The monoisotopic (exact) mass is 307 g/mol. The number of aliphatic hydroxyl groups is 1. The lowest BCUT2D eigenvalue weighted by Crippen LogP contribution is -2.36. The van der Waals surface area contributed by atoms with Gasteiger partial charge in [0.15, 0.2) is 0 Å². The topological polar surface area (TPSA) is 57.4 Å². The van der Waals surface area contributed by atoms with E-state index in [1.807, 2.05) is 0 Å². The standard InChI is InChI=1S/C16H29N5O/c1-3-20-8-4-13(5-9-20)16-18-17-15(19(16)2)12-21-10-6-14(22)7-11-21/h13-14,22H,3-12H2,1-2H3. The van der Waals surface area contributed by atoms with Crippen molar-refractivity contribution in [1.29, 1.82) is 0 Å². The quantitative estimate of drug-likeness (QED) is 0.898. The normalized spacial score (nSPS) is 23.2. The van der Waals surface area contributed by atoms with Crippen molar-refractivity contribution in [3.8, 4) is 0 Å². The smallest absolute Gasteiger partial charge is 0.146 e. The zero-order valence-corrected chi connectivity index (χ0v) is 13.9. The highest BCUT2D eigenvalue weighted by Crippen LogP contribution is 2.27. The highest BCUT2D eigenvalue weighted by molar-refractivity contribution is 5.03. The average molecular weight is 307 g/mol. The molecule has 2 aliphatic rings. The number of hydrogen-bond donors (Lipinski definition) is 1. The predicted octanol–water partition coefficient (Wildman–Crippen LogP) is 0.971. The third-order valence-corrected chi connectivity index (χ3v) is 5.32. The zero-order chi connectivity index (χ0) is 15.5. The van der Waals surface area contributed by atoms with Gasteiger partial charge >= 0.3 is 0 Å². The van der Waals surface area contributed by atoms with Gasteiger partial charge in [0.05, 0.1) is 12.6 Å². The van der Waals surface area contributed by atoms with Gasteiger partial charge in [-0.25, -0.2) is 0 Å². The van der Waals surface area contributed by atoms with E-state index in [-0.39, 0.29) is 6.10 Å². The lowest BCUT2D eigenvalue weighted by atomic mass is 9.96. The number of hydrogen-bond acceptors (Lipinski definition) is 5. The molecular weight excluding hydrogens is 278 g/mol. The molecule has 3 heterocycles. The first-order valence-corrected chi connectivity index (χ1v) is 8.68. The van der Waals surface area contributed by atoms with E-state index >= 15 is 0 Å². The molecular formula is C16H29N5O. The second-order valence-electron chi connectivity index (χ2n) is 6.75. The van der Waals surface area contributed by atoms with Gasteiger partial charge in [0.25, 0.3) is 0 Å². The van der Waals surface area contributed by atoms with Crippen molar-refractivity contribution >= 4 is 0 Å². The summed E-state index contributed by atoms with van der Waals surface area (Å²) in [5.74, 6) is 2.77. The third-order valence-electron chi connectivity index (χ3n) is 5.32. The minimum atomic E-state index is -0.116. The largest absolute Gasteiger partial charge is 0.393 e. The van der Waals surface area contributed by atoms with Crippen LogP contribution in [0, 0.1) is 0 Å². The molecule has 1 aromatic heterocycles. The van der Waals surface area contributed by atoms with Crippen molar-refractivity contribution in [2.24, 2.45) is 7.05 Å². The molecule has 0 radical (unpaired) electrons. The molecule has 0 aliphatic carbocycles. The van der Waals surface area contributed by atoms with Gasteiger partial charge in [0.1, 0.15) is 11.6 Å². The molecule has 124 valence electrons. The summed E-state index contributed by atoms with van der Waals surface area (Å²) in [6, 6.07) is 0. The number of nitrogens with zero attached hydrogens (tertiary/aromatic N) is 5. The summed E-state index contributed by atoms with van der Waals surface area (Å²) in [5, 5.41) is 18.5. The molecule has 0 spiro atoms. The lowest BCUT2D eigenvalue weighted by Gasteiger charge is -2.30. The van der Waals surface area contributed by atoms with Crippen molar-refractivity contribution < 1.29 is 5.11 Å². The number of piperidine rings is 2. The van der Waals surface area contributed by atoms with Gasteiger partial charge in [0.2, 0.25) is 0 Å². The Morgan fingerprint density at radius 1 is 1.00 bits per heavy atom. The summed E-state index contributed by atoms with van der Waals surface area (Å²) in [5.41, 5.74) is 0. The number of rotatable bonds is 4. The third kappa shape index (κ3) is 3.50. The van der Waals surface area contributed by atoms with Crippen LogP contribution >= 0.6 is 0 Å². The second-order valence-corrected chi connectivity index (χ2v) is 6.75. The van der Waals surface area contributed by atoms with Gasteiger partial charge in [0, 0.05) is 26.1 Å². The van der Waals surface area contributed by atoms with Crippen molar-refractivity contribution in [3.05, 3.63) is 11.6 Å². The molecule has 6 nitrogen and oxygen atoms in total. The Bertz CT molecular complexity index is 473. The Hall–Kier alpha value is -0.980. The number of aliphatic hydroxyl groups excluding tert-OH is 1. The first kappa shape index (κ1) is 15.9. The zero-order valence-electron chi connectivity index (χ0n) is 13.9. The molecule has 3 rings (SSSR count). The lowest BCUT2D eigenvalue weighted by molar-refractivity contribution is 0.0775. The van der Waals surface area contributed by atoms with E-state index in [0.29, 0.717) is 5.92 Å². The highest BCUT2D eigenvalue weighted by atomic mass is 16.3. The molecule has 0 saturated carbocycles. The van der Waals surface area contributed by atoms with Crippen LogP contribution in [0.15, 0.2) is 0 Å². The Labute approximate surface area is 133 Å². The van der Waals surface area contributed by atoms with Crippen LogP contribution in [0.25, 0.3) is 0 Å². The molecule has 1 aromatic rings. The molecule has 0 aromatic carbocycles. The summed E-state index contributed by atoms with van der Waals surface area (Å²) in [6.45, 7) is 8.50. The van der Waals surface area contributed by atoms with Gasteiger partial charge in [-0.3, -0.25) is 4.90 Å². The minimum absolute atomic E-state index is 0.116. The maximum atomic E-state index is 9.60. The van der Waals surface area contributed by atoms with Gasteiger partial charge in [-0.15, -0.1) is 10.2 Å². The molecule has 2 saturated heterocycles. The van der Waals surface area contributed by atoms with Gasteiger partial charge in [-0.2, -0.15) is 0 Å². The summed E-state index contributed by atoms with van der Waals surface area (Å²) in [4.78, 5) is 4.88. The van der Waals surface area contributed by atoms with Gasteiger partial charge in [-0.1, -0.05) is 6.92 Å². The Balaban J connectivity index is 1.60. The van der Waals surface area contributed by atoms with Crippen molar-refractivity contribution in [3.63, 3.8) is 0 Å². The first-order chi connectivity index (χ1) is 10.7. The van der Waals surface area contributed by atoms with Crippen LogP contribution in [0.5, 0.6) is 0 Å². The number of aromatic nitrogens is 3. The van der Waals surface area contributed by atoms with E-state index in [1.54, 1.807) is 0 Å². The fraction of sp³-hybridized carbons (Fsp3) is 0.875. The number of likely N-dealkylation sites (tertiary alicyclic amines) is 2. The van der Waals surface area contributed by atoms with E-state index in [9.17, 15) is 5.11 Å². The van der Waals surface area contributed by atoms with E-state index in [0.717, 1.165) is 50.7 Å². The fourth-order valence-electron chi connectivity index (χ4n) is 3.65. The van der Waals surface area contributed by atoms with Crippen molar-refractivity contribution in [2.75, 3.05) is 32.7 Å². The van der Waals surface area contributed by atoms with Crippen LogP contribution in [0.1, 0.15) is 50.2 Å². The van der Waals surface area contributed by atoms with Crippen LogP contribution in [0.4, 0.5) is 0 Å². The molecule has 2 aliphatic heterocycles. The van der Waals surface area contributed by atoms with Gasteiger partial charge < -0.3 is 14.6 Å². The summed E-state index contributed by atoms with van der Waals surface area (Å²) in [6.07, 6.45) is 4.02. The molecule has 0 bridgehead atoms. The SMILES string of the molecule is CCN1CCC(c2nnc(CN3CCC(O)CC3)n2C)CC1. The summed E-state index contributed by atoms with van der Waals surface area (Å²) < 4.78 is 2.21. The van der Waals surface area contributed by atoms with Crippen LogP contribution in [-0.4, -0.2) is 68.5 Å². The van der Waals surface area contributed by atoms with Crippen molar-refractivity contribution in [1.82, 2.24) is 24.6 Å². The van der Waals surface area contributed by atoms with Crippen LogP contribution in [0.2, 0.25) is 0 Å². The molecule has 22 heavy (non-hydrogen) atoms. The van der Waals surface area contributed by atoms with Crippen molar-refractivity contribution in [2.45, 2.75) is 51.2 Å². The summed E-state index contributed by atoms with van der Waals surface area (Å²) in [7, 11) is 2.11. The Morgan fingerprint density at radius 2 is 1.64 bits per heavy atom. The van der Waals surface area contributed by atoms with E-state index in [1.165, 1.54) is 25.9 Å². The maximum Gasteiger partial charge on any atom is 0.146 e. The second kappa shape index (κ2) is 7.06. The van der Waals surface area contributed by atoms with Crippen LogP contribution < -0.4 is 0 Å². The Morgan fingerprint density at radius 3 is 2.27 bits per heavy atom. The van der Waals surface area contributed by atoms with Crippen LogP contribution in [-0.2, 0) is 13.6 Å². The maximum absolute atomic E-state index is 9.60. The molecule has 1 N–H and O–H groups in total. The average Bonchev–Trinajstić information content (AvgIpc) is 2.91. The van der Waals surface area contributed by atoms with Gasteiger partial charge in [-0.05, 0) is 45.3 Å². The van der Waals surface area contributed by atoms with E-state index < -0.39 is 0 Å². The Kier molecular flexibility index (Phi) is 5.10. The molecule has 6 heteroatoms. The fourth-order valence-corrected chi connectivity index (χ4v) is 3.65. The van der Waals surface area contributed by atoms with E-state index in [2.05, 4.69) is 38.5 Å². The molecule has 0 unspecified atom stereocenters. The highest BCUT2D eigenvalue weighted by Gasteiger charge is 2.25. The van der Waals surface area contributed by atoms with E-state index in [4.69, 9.17) is 0 Å². The molecule has 0 amide bonds. The minimum Gasteiger partial charge on any atom is -0.393 e. The summed E-state index contributed by atoms with van der Waals surface area (Å²) >= 11 is 0. The predicted molar refractivity (Wildman–Crippen MR) is 85.6 cm³/mol. The molecule has 2 fully saturated rings.